The van der Waals surface area contributed by atoms with Crippen LogP contribution in [0.2, 0.25) is 0 Å². The number of hydrogen-bond acceptors (Lipinski definition) is 7. The zero-order chi connectivity index (χ0) is 18.5. The van der Waals surface area contributed by atoms with E-state index in [1.165, 1.54) is 0 Å². The second-order valence-electron chi connectivity index (χ2n) is 5.52. The molecule has 0 atom stereocenters. The topological polar surface area (TPSA) is 97.8 Å². The van der Waals surface area contributed by atoms with E-state index in [0.29, 0.717) is 24.5 Å². The Morgan fingerprint density at radius 1 is 1.31 bits per heavy atom. The molecule has 2 aromatic rings. The van der Waals surface area contributed by atoms with Crippen molar-refractivity contribution < 1.29 is 23.9 Å². The van der Waals surface area contributed by atoms with Gasteiger partial charge < -0.3 is 14.8 Å². The summed E-state index contributed by atoms with van der Waals surface area (Å²) < 4.78 is 10.6. The molecule has 1 N–H and O–H groups in total. The molecule has 1 aromatic heterocycles. The first-order valence-electron chi connectivity index (χ1n) is 7.92. The second kappa shape index (κ2) is 7.96. The number of imide groups is 1. The number of nitrogens with one attached hydrogen (secondary N) is 1. The lowest BCUT2D eigenvalue weighted by Gasteiger charge is -2.12. The van der Waals surface area contributed by atoms with E-state index in [1.807, 2.05) is 12.3 Å². The highest BCUT2D eigenvalue weighted by molar-refractivity contribution is 7.09. The normalized spacial score (nSPS) is 13.4. The van der Waals surface area contributed by atoms with Crippen LogP contribution in [0.3, 0.4) is 0 Å². The van der Waals surface area contributed by atoms with Crippen molar-refractivity contribution in [2.45, 2.75) is 13.5 Å². The third-order valence-electron chi connectivity index (χ3n) is 3.63. The summed E-state index contributed by atoms with van der Waals surface area (Å²) in [6, 6.07) is 5.92. The number of urea groups is 1. The number of thiazole rings is 1. The fraction of sp³-hybridized carbons (Fsp3) is 0.294. The fourth-order valence-corrected chi connectivity index (χ4v) is 2.91. The lowest BCUT2D eigenvalue weighted by Crippen LogP contribution is -2.37. The van der Waals surface area contributed by atoms with Crippen LogP contribution in [0.15, 0.2) is 29.6 Å². The van der Waals surface area contributed by atoms with Gasteiger partial charge in [-0.2, -0.15) is 0 Å². The van der Waals surface area contributed by atoms with Crippen LogP contribution in [0.25, 0.3) is 0 Å². The Bertz CT molecular complexity index is 818. The smallest absolute Gasteiger partial charge is 0.338 e. The minimum absolute atomic E-state index is 0.278. The van der Waals surface area contributed by atoms with E-state index in [2.05, 4.69) is 10.3 Å². The number of aromatic nitrogens is 1. The van der Waals surface area contributed by atoms with Crippen molar-refractivity contribution in [1.82, 2.24) is 15.2 Å². The first-order chi connectivity index (χ1) is 12.5. The maximum absolute atomic E-state index is 12.0. The van der Waals surface area contributed by atoms with Gasteiger partial charge in [0.1, 0.15) is 12.4 Å². The molecule has 1 aliphatic rings. The molecule has 1 aliphatic heterocycles. The van der Waals surface area contributed by atoms with Gasteiger partial charge in [0.15, 0.2) is 6.61 Å². The van der Waals surface area contributed by atoms with Crippen molar-refractivity contribution in [2.24, 2.45) is 0 Å². The van der Waals surface area contributed by atoms with Gasteiger partial charge in [-0.05, 0) is 31.2 Å². The zero-order valence-corrected chi connectivity index (χ0v) is 14.9. The number of amides is 3. The molecule has 0 spiro atoms. The molecule has 9 heteroatoms. The number of hydrogen-bond donors (Lipinski definition) is 1. The molecule has 2 heterocycles. The number of nitrogens with zero attached hydrogens (tertiary/aromatic N) is 2. The third kappa shape index (κ3) is 4.37. The maximum atomic E-state index is 12.0. The van der Waals surface area contributed by atoms with Crippen LogP contribution in [0, 0.1) is 6.92 Å². The highest BCUT2D eigenvalue weighted by Crippen LogP contribution is 2.16. The summed E-state index contributed by atoms with van der Waals surface area (Å²) in [5, 5.41) is 5.41. The molecule has 0 radical (unpaired) electrons. The first kappa shape index (κ1) is 17.9. The monoisotopic (exact) mass is 375 g/mol. The molecular weight excluding hydrogens is 358 g/mol. The van der Waals surface area contributed by atoms with Crippen molar-refractivity contribution in [3.8, 4) is 5.75 Å². The van der Waals surface area contributed by atoms with E-state index < -0.39 is 24.5 Å². The van der Waals surface area contributed by atoms with Crippen molar-refractivity contribution >= 4 is 29.2 Å². The van der Waals surface area contributed by atoms with Crippen LogP contribution in [0.1, 0.15) is 21.1 Å². The predicted molar refractivity (Wildman–Crippen MR) is 93.0 cm³/mol. The standard InChI is InChI=1S/C17H17N3O5S/c1-11-19-13(10-26-11)8-24-14-4-2-12(3-5-14)16(22)25-9-15(21)20-7-6-18-17(20)23/h2-5,10H,6-9H2,1H3,(H,18,23). The van der Waals surface area contributed by atoms with Gasteiger partial charge in [0.25, 0.3) is 5.91 Å². The Morgan fingerprint density at radius 2 is 2.08 bits per heavy atom. The molecule has 3 amide bonds. The summed E-state index contributed by atoms with van der Waals surface area (Å²) in [5.41, 5.74) is 1.14. The third-order valence-corrected chi connectivity index (χ3v) is 4.45. The average Bonchev–Trinajstić information content (AvgIpc) is 3.26. The zero-order valence-electron chi connectivity index (χ0n) is 14.1. The minimum Gasteiger partial charge on any atom is -0.487 e. The van der Waals surface area contributed by atoms with Gasteiger partial charge >= 0.3 is 12.0 Å². The number of carbonyl (C=O) groups excluding carboxylic acids is 3. The van der Waals surface area contributed by atoms with Crippen LogP contribution in [-0.4, -0.2) is 47.5 Å². The van der Waals surface area contributed by atoms with Gasteiger partial charge in [0.05, 0.1) is 16.3 Å². The lowest BCUT2D eigenvalue weighted by molar-refractivity contribution is -0.130. The van der Waals surface area contributed by atoms with Crippen LogP contribution in [0.5, 0.6) is 5.75 Å². The quantitative estimate of drug-likeness (QED) is 0.773. The van der Waals surface area contributed by atoms with Gasteiger partial charge in [-0.1, -0.05) is 0 Å². The molecule has 136 valence electrons. The van der Waals surface area contributed by atoms with Gasteiger partial charge in [-0.15, -0.1) is 11.3 Å². The molecule has 1 saturated heterocycles. The first-order valence-corrected chi connectivity index (χ1v) is 8.80. The van der Waals surface area contributed by atoms with E-state index >= 15 is 0 Å². The van der Waals surface area contributed by atoms with E-state index in [4.69, 9.17) is 9.47 Å². The fourth-order valence-electron chi connectivity index (χ4n) is 2.32. The van der Waals surface area contributed by atoms with E-state index in [1.54, 1.807) is 35.6 Å². The van der Waals surface area contributed by atoms with Crippen LogP contribution < -0.4 is 10.1 Å². The summed E-state index contributed by atoms with van der Waals surface area (Å²) in [4.78, 5) is 40.5. The molecular formula is C17H17N3O5S. The van der Waals surface area contributed by atoms with Crippen molar-refractivity contribution in [3.63, 3.8) is 0 Å². The van der Waals surface area contributed by atoms with Gasteiger partial charge in [0, 0.05) is 18.5 Å². The number of esters is 1. The van der Waals surface area contributed by atoms with Crippen LogP contribution in [-0.2, 0) is 16.1 Å². The largest absolute Gasteiger partial charge is 0.487 e. The van der Waals surface area contributed by atoms with Crippen molar-refractivity contribution in [3.05, 3.63) is 45.9 Å². The van der Waals surface area contributed by atoms with Crippen LogP contribution >= 0.6 is 11.3 Å². The van der Waals surface area contributed by atoms with Crippen molar-refractivity contribution in [2.75, 3.05) is 19.7 Å². The van der Waals surface area contributed by atoms with E-state index in [9.17, 15) is 14.4 Å². The summed E-state index contributed by atoms with van der Waals surface area (Å²) in [5.74, 6) is -0.594. The minimum atomic E-state index is -0.639. The molecule has 1 aromatic carbocycles. The highest BCUT2D eigenvalue weighted by atomic mass is 32.1. The lowest BCUT2D eigenvalue weighted by atomic mass is 10.2. The molecule has 0 saturated carbocycles. The molecule has 26 heavy (non-hydrogen) atoms. The summed E-state index contributed by atoms with van der Waals surface area (Å²) in [6.07, 6.45) is 0. The molecule has 0 unspecified atom stereocenters. The Labute approximate surface area is 153 Å². The van der Waals surface area contributed by atoms with E-state index in [0.717, 1.165) is 15.6 Å². The Morgan fingerprint density at radius 3 is 2.69 bits per heavy atom. The molecule has 0 bridgehead atoms. The summed E-state index contributed by atoms with van der Waals surface area (Å²) in [6.45, 7) is 2.48. The molecule has 8 nitrogen and oxygen atoms in total. The summed E-state index contributed by atoms with van der Waals surface area (Å²) >= 11 is 1.55. The number of carbonyl (C=O) groups is 3. The Kier molecular flexibility index (Phi) is 5.47. The van der Waals surface area contributed by atoms with Gasteiger partial charge in [-0.25, -0.2) is 14.6 Å². The summed E-state index contributed by atoms with van der Waals surface area (Å²) in [7, 11) is 0. The number of rotatable bonds is 6. The number of aryl methyl sites for hydroxylation is 1. The van der Waals surface area contributed by atoms with Gasteiger partial charge in [-0.3, -0.25) is 9.69 Å². The van der Waals surface area contributed by atoms with Crippen molar-refractivity contribution in [1.29, 1.82) is 0 Å². The average molecular weight is 375 g/mol. The molecule has 0 aliphatic carbocycles. The number of ether oxygens (including phenoxy) is 2. The van der Waals surface area contributed by atoms with Crippen LogP contribution in [0.4, 0.5) is 4.79 Å². The maximum Gasteiger partial charge on any atom is 0.338 e. The Hall–Kier alpha value is -2.94. The van der Waals surface area contributed by atoms with E-state index in [-0.39, 0.29) is 6.54 Å². The Balaban J connectivity index is 1.48. The van der Waals surface area contributed by atoms with Gasteiger partial charge in [0.2, 0.25) is 0 Å². The molecule has 1 fully saturated rings. The SMILES string of the molecule is Cc1nc(COc2ccc(C(=O)OCC(=O)N3CCNC3=O)cc2)cs1. The molecule has 3 rings (SSSR count). The number of benzene rings is 1. The highest BCUT2D eigenvalue weighted by Gasteiger charge is 2.26. The second-order valence-corrected chi connectivity index (χ2v) is 6.59. The predicted octanol–water partition coefficient (Wildman–Crippen LogP) is 1.74.